The van der Waals surface area contributed by atoms with E-state index in [1.165, 1.54) is 17.4 Å². The van der Waals surface area contributed by atoms with E-state index in [0.29, 0.717) is 6.42 Å². The summed E-state index contributed by atoms with van der Waals surface area (Å²) in [5.41, 5.74) is 5.17. The van der Waals surface area contributed by atoms with Crippen molar-refractivity contribution in [2.45, 2.75) is 37.6 Å². The first-order chi connectivity index (χ1) is 8.54. The van der Waals surface area contributed by atoms with Crippen LogP contribution in [0.5, 0.6) is 0 Å². The third-order valence-corrected chi connectivity index (χ3v) is 6.02. The van der Waals surface area contributed by atoms with Crippen LogP contribution >= 0.6 is 15.9 Å². The normalized spacial score (nSPS) is 13.0. The Hall–Kier alpha value is -0.660. The van der Waals surface area contributed by atoms with Crippen molar-refractivity contribution in [3.05, 3.63) is 22.4 Å². The maximum Gasteiger partial charge on any atom is 0.246 e. The SMILES string of the molecule is CCC(C)(C)N(C)S(=O)(=O)c1cc(N)cc(Br)c1F. The molecule has 1 rings (SSSR count). The van der Waals surface area contributed by atoms with Crippen LogP contribution in [0.15, 0.2) is 21.5 Å². The monoisotopic (exact) mass is 352 g/mol. The summed E-state index contributed by atoms with van der Waals surface area (Å²) in [5.74, 6) is -0.826. The van der Waals surface area contributed by atoms with Crippen molar-refractivity contribution in [2.75, 3.05) is 12.8 Å². The van der Waals surface area contributed by atoms with Gasteiger partial charge in [0.2, 0.25) is 10.0 Å². The van der Waals surface area contributed by atoms with Crippen molar-refractivity contribution in [1.82, 2.24) is 4.31 Å². The number of rotatable bonds is 4. The molecule has 0 aromatic heterocycles. The fourth-order valence-corrected chi connectivity index (χ4v) is 3.77. The summed E-state index contributed by atoms with van der Waals surface area (Å²) in [5, 5.41) is 0. The molecule has 0 saturated heterocycles. The lowest BCUT2D eigenvalue weighted by Crippen LogP contribution is -2.44. The van der Waals surface area contributed by atoms with Gasteiger partial charge in [0.1, 0.15) is 4.90 Å². The molecule has 4 nitrogen and oxygen atoms in total. The van der Waals surface area contributed by atoms with E-state index in [-0.39, 0.29) is 10.2 Å². The summed E-state index contributed by atoms with van der Waals surface area (Å²) in [6.45, 7) is 5.44. The van der Waals surface area contributed by atoms with Crippen LogP contribution in [-0.2, 0) is 10.0 Å². The molecule has 0 aliphatic carbocycles. The average molecular weight is 353 g/mol. The minimum absolute atomic E-state index is 0.0359. The second kappa shape index (κ2) is 5.38. The van der Waals surface area contributed by atoms with Crippen LogP contribution < -0.4 is 5.73 Å². The van der Waals surface area contributed by atoms with E-state index in [1.54, 1.807) is 13.8 Å². The predicted molar refractivity (Wildman–Crippen MR) is 77.8 cm³/mol. The molecule has 1 aromatic carbocycles. The van der Waals surface area contributed by atoms with Gasteiger partial charge in [-0.05, 0) is 48.3 Å². The van der Waals surface area contributed by atoms with Crippen LogP contribution in [0.2, 0.25) is 0 Å². The quantitative estimate of drug-likeness (QED) is 0.847. The minimum atomic E-state index is -3.94. The third-order valence-electron chi connectivity index (χ3n) is 3.37. The fraction of sp³-hybridized carbons (Fsp3) is 0.500. The van der Waals surface area contributed by atoms with Crippen molar-refractivity contribution in [1.29, 1.82) is 0 Å². The number of hydrogen-bond acceptors (Lipinski definition) is 3. The summed E-state index contributed by atoms with van der Waals surface area (Å²) in [7, 11) is -2.50. The molecule has 1 aromatic rings. The first-order valence-electron chi connectivity index (χ1n) is 5.77. The van der Waals surface area contributed by atoms with Crippen molar-refractivity contribution in [3.63, 3.8) is 0 Å². The van der Waals surface area contributed by atoms with Gasteiger partial charge < -0.3 is 5.73 Å². The number of benzene rings is 1. The number of nitrogens with two attached hydrogens (primary N) is 1. The van der Waals surface area contributed by atoms with Gasteiger partial charge in [-0.25, -0.2) is 12.8 Å². The minimum Gasteiger partial charge on any atom is -0.399 e. The van der Waals surface area contributed by atoms with Gasteiger partial charge >= 0.3 is 0 Å². The van der Waals surface area contributed by atoms with Crippen molar-refractivity contribution in [2.24, 2.45) is 0 Å². The Morgan fingerprint density at radius 3 is 2.42 bits per heavy atom. The molecule has 0 radical (unpaired) electrons. The summed E-state index contributed by atoms with van der Waals surface area (Å²) in [6, 6.07) is 2.47. The van der Waals surface area contributed by atoms with Gasteiger partial charge in [-0.1, -0.05) is 6.92 Å². The molecule has 19 heavy (non-hydrogen) atoms. The molecule has 0 amide bonds. The molecule has 0 aliphatic rings. The molecule has 0 heterocycles. The van der Waals surface area contributed by atoms with Crippen LogP contribution in [0.4, 0.5) is 10.1 Å². The van der Waals surface area contributed by atoms with Gasteiger partial charge in [0.25, 0.3) is 0 Å². The van der Waals surface area contributed by atoms with Gasteiger partial charge in [-0.3, -0.25) is 0 Å². The highest BCUT2D eigenvalue weighted by molar-refractivity contribution is 9.10. The number of anilines is 1. The molecule has 0 fully saturated rings. The van der Waals surface area contributed by atoms with E-state index in [1.807, 2.05) is 6.92 Å². The van der Waals surface area contributed by atoms with Crippen LogP contribution in [0.1, 0.15) is 27.2 Å². The molecule has 0 unspecified atom stereocenters. The Morgan fingerprint density at radius 2 is 1.95 bits per heavy atom. The van der Waals surface area contributed by atoms with Gasteiger partial charge in [0, 0.05) is 18.3 Å². The molecule has 2 N–H and O–H groups in total. The van der Waals surface area contributed by atoms with E-state index < -0.39 is 26.3 Å². The highest BCUT2D eigenvalue weighted by atomic mass is 79.9. The first-order valence-corrected chi connectivity index (χ1v) is 8.01. The molecular weight excluding hydrogens is 335 g/mol. The van der Waals surface area contributed by atoms with E-state index >= 15 is 0 Å². The Labute approximate surface area is 122 Å². The van der Waals surface area contributed by atoms with E-state index in [0.717, 1.165) is 6.07 Å². The molecule has 0 aliphatic heterocycles. The standard InChI is InChI=1S/C12H18BrFN2O2S/c1-5-12(2,3)16(4)19(17,18)10-7-8(15)6-9(13)11(10)14/h6-7H,5,15H2,1-4H3. The zero-order chi connectivity index (χ0) is 15.0. The topological polar surface area (TPSA) is 63.4 Å². The van der Waals surface area contributed by atoms with Crippen LogP contribution in [0.3, 0.4) is 0 Å². The molecule has 0 saturated carbocycles. The predicted octanol–water partition coefficient (Wildman–Crippen LogP) is 2.98. The Kier molecular flexibility index (Phi) is 4.64. The smallest absolute Gasteiger partial charge is 0.246 e. The van der Waals surface area contributed by atoms with Gasteiger partial charge in [-0.2, -0.15) is 4.31 Å². The van der Waals surface area contributed by atoms with Crippen LogP contribution in [0.25, 0.3) is 0 Å². The largest absolute Gasteiger partial charge is 0.399 e. The number of sulfonamides is 1. The third kappa shape index (κ3) is 3.09. The van der Waals surface area contributed by atoms with Gasteiger partial charge in [0.15, 0.2) is 5.82 Å². The van der Waals surface area contributed by atoms with Crippen LogP contribution in [0, 0.1) is 5.82 Å². The van der Waals surface area contributed by atoms with Crippen molar-refractivity contribution >= 4 is 31.6 Å². The zero-order valence-electron chi connectivity index (χ0n) is 11.4. The molecule has 7 heteroatoms. The number of nitrogen functional groups attached to an aromatic ring is 1. The highest BCUT2D eigenvalue weighted by Crippen LogP contribution is 2.31. The van der Waals surface area contributed by atoms with Gasteiger partial charge in [0.05, 0.1) is 4.47 Å². The maximum atomic E-state index is 14.0. The summed E-state index contributed by atoms with van der Waals surface area (Å²) < 4.78 is 40.2. The molecule has 0 atom stereocenters. The highest BCUT2D eigenvalue weighted by Gasteiger charge is 2.35. The van der Waals surface area contributed by atoms with Gasteiger partial charge in [-0.15, -0.1) is 0 Å². The summed E-state index contributed by atoms with van der Waals surface area (Å²) >= 11 is 2.97. The number of hydrogen-bond donors (Lipinski definition) is 1. The lowest BCUT2D eigenvalue weighted by molar-refractivity contribution is 0.256. The molecule has 0 bridgehead atoms. The van der Waals surface area contributed by atoms with Crippen molar-refractivity contribution < 1.29 is 12.8 Å². The molecule has 108 valence electrons. The Balaban J connectivity index is 3.45. The van der Waals surface area contributed by atoms with E-state index in [4.69, 9.17) is 5.73 Å². The van der Waals surface area contributed by atoms with Crippen LogP contribution in [-0.4, -0.2) is 25.3 Å². The Morgan fingerprint density at radius 1 is 1.42 bits per heavy atom. The average Bonchev–Trinajstić information content (AvgIpc) is 2.32. The molecule has 0 spiro atoms. The lowest BCUT2D eigenvalue weighted by Gasteiger charge is -2.33. The lowest BCUT2D eigenvalue weighted by atomic mass is 10.0. The van der Waals surface area contributed by atoms with Crippen molar-refractivity contribution in [3.8, 4) is 0 Å². The number of halogens is 2. The van der Waals surface area contributed by atoms with E-state index in [9.17, 15) is 12.8 Å². The first kappa shape index (κ1) is 16.4. The van der Waals surface area contributed by atoms with E-state index in [2.05, 4.69) is 15.9 Å². The Bertz CT molecular complexity index is 588. The second-order valence-electron chi connectivity index (χ2n) is 4.95. The molecular formula is C12H18BrFN2O2S. The fourth-order valence-electron chi connectivity index (χ4n) is 1.47. The maximum absolute atomic E-state index is 14.0. The summed E-state index contributed by atoms with van der Waals surface area (Å²) in [4.78, 5) is -0.414. The number of nitrogens with zero attached hydrogens (tertiary/aromatic N) is 1. The second-order valence-corrected chi connectivity index (χ2v) is 7.75. The zero-order valence-corrected chi connectivity index (χ0v) is 13.8. The summed E-state index contributed by atoms with van der Waals surface area (Å²) in [6.07, 6.45) is 0.605.